The third kappa shape index (κ3) is 6.68. The smallest absolute Gasteiger partial charge is 0.381 e. The summed E-state index contributed by atoms with van der Waals surface area (Å²) >= 11 is 0. The van der Waals surface area contributed by atoms with Crippen LogP contribution in [0.1, 0.15) is 68.3 Å². The zero-order valence-electron chi connectivity index (χ0n) is 19.8. The van der Waals surface area contributed by atoms with Crippen LogP contribution < -0.4 is 5.32 Å². The van der Waals surface area contributed by atoms with Crippen molar-refractivity contribution >= 4 is 0 Å². The van der Waals surface area contributed by atoms with Gasteiger partial charge < -0.3 is 14.8 Å². The molecule has 0 radical (unpaired) electrons. The summed E-state index contributed by atoms with van der Waals surface area (Å²) in [5, 5.41) is 8.11. The summed E-state index contributed by atoms with van der Waals surface area (Å²) in [6.45, 7) is 7.45. The minimum atomic E-state index is -4.12. The van der Waals surface area contributed by atoms with Crippen molar-refractivity contribution in [2.45, 2.75) is 77.2 Å². The van der Waals surface area contributed by atoms with Crippen LogP contribution in [0.5, 0.6) is 0 Å². The number of ether oxygens (including phenoxy) is 2. The normalized spacial score (nSPS) is 24.2. The Bertz CT molecular complexity index is 715. The van der Waals surface area contributed by atoms with Gasteiger partial charge in [-0.15, -0.1) is 0 Å². The van der Waals surface area contributed by atoms with Gasteiger partial charge in [0.1, 0.15) is 0 Å². The fraction of sp³-hybridized carbons (Fsp3) is 0.870. The lowest BCUT2D eigenvalue weighted by Crippen LogP contribution is -2.34. The Morgan fingerprint density at radius 2 is 2.06 bits per heavy atom. The highest BCUT2D eigenvalue weighted by atomic mass is 19.4. The number of nitrogens with zero attached hydrogens (tertiary/aromatic N) is 3. The first kappa shape index (κ1) is 25.5. The Morgan fingerprint density at radius 1 is 1.31 bits per heavy atom. The first-order valence-corrected chi connectivity index (χ1v) is 11.9. The lowest BCUT2D eigenvalue weighted by molar-refractivity contribution is -0.145. The van der Waals surface area contributed by atoms with Crippen molar-refractivity contribution in [3.05, 3.63) is 17.0 Å². The molecule has 32 heavy (non-hydrogen) atoms. The first-order valence-electron chi connectivity index (χ1n) is 11.9. The Balaban J connectivity index is 1.75. The number of halogens is 3. The van der Waals surface area contributed by atoms with Gasteiger partial charge in [0.2, 0.25) is 0 Å². The van der Waals surface area contributed by atoms with Crippen molar-refractivity contribution in [3.8, 4) is 0 Å². The molecule has 1 aromatic rings. The van der Waals surface area contributed by atoms with Crippen LogP contribution in [0.3, 0.4) is 0 Å². The third-order valence-corrected chi connectivity index (χ3v) is 7.03. The number of hydrogen-bond donors (Lipinski definition) is 1. The molecule has 0 amide bonds. The molecule has 6 nitrogen and oxygen atoms in total. The largest absolute Gasteiger partial charge is 0.389 e. The molecule has 2 aliphatic rings. The number of aromatic nitrogens is 2. The van der Waals surface area contributed by atoms with E-state index in [1.54, 1.807) is 0 Å². The van der Waals surface area contributed by atoms with Gasteiger partial charge in [0.15, 0.2) is 0 Å². The molecule has 0 aromatic carbocycles. The fourth-order valence-electron chi connectivity index (χ4n) is 5.16. The maximum Gasteiger partial charge on any atom is 0.389 e. The van der Waals surface area contributed by atoms with Crippen LogP contribution in [-0.4, -0.2) is 67.9 Å². The van der Waals surface area contributed by atoms with E-state index in [0.29, 0.717) is 32.3 Å². The summed E-state index contributed by atoms with van der Waals surface area (Å²) in [6.07, 6.45) is -1.44. The summed E-state index contributed by atoms with van der Waals surface area (Å²) in [5.41, 5.74) is 3.16. The Labute approximate surface area is 189 Å². The molecule has 1 aromatic heterocycles. The molecule has 2 heterocycles. The molecule has 3 rings (SSSR count). The van der Waals surface area contributed by atoms with Crippen LogP contribution >= 0.6 is 0 Å². The molecule has 1 saturated carbocycles. The van der Waals surface area contributed by atoms with Crippen LogP contribution in [0, 0.1) is 5.41 Å². The van der Waals surface area contributed by atoms with E-state index in [9.17, 15) is 13.2 Å². The van der Waals surface area contributed by atoms with Gasteiger partial charge in [-0.25, -0.2) is 0 Å². The fourth-order valence-corrected chi connectivity index (χ4v) is 5.16. The van der Waals surface area contributed by atoms with Crippen molar-refractivity contribution in [3.63, 3.8) is 0 Å². The minimum absolute atomic E-state index is 0.151. The predicted octanol–water partition coefficient (Wildman–Crippen LogP) is 4.09. The van der Waals surface area contributed by atoms with E-state index in [1.165, 1.54) is 5.56 Å². The molecule has 0 unspecified atom stereocenters. The van der Waals surface area contributed by atoms with Gasteiger partial charge in [-0.05, 0) is 64.5 Å². The molecule has 0 saturated heterocycles. The van der Waals surface area contributed by atoms with E-state index in [4.69, 9.17) is 14.6 Å². The molecule has 1 aliphatic heterocycles. The number of fused-ring (bicyclic) bond motifs is 1. The average molecular weight is 461 g/mol. The van der Waals surface area contributed by atoms with Gasteiger partial charge in [-0.3, -0.25) is 9.58 Å². The minimum Gasteiger partial charge on any atom is -0.381 e. The average Bonchev–Trinajstić information content (AvgIpc) is 3.12. The number of rotatable bonds is 11. The number of likely N-dealkylation sites (N-methyl/N-ethyl adjacent to an activating group) is 2. The standard InChI is InChI=1S/C23H39F3N4O2/c1-4-31-17-22(9-10-23(24,25)26)7-5-18(6-8-22)21-19(15-29(3)12-11-27-2)28-30-13-14-32-16-20(21)30/h18,27H,4-17H2,1-3H3/t18-,22-. The Hall–Kier alpha value is -1.16. The highest BCUT2D eigenvalue weighted by Gasteiger charge is 2.41. The van der Waals surface area contributed by atoms with Gasteiger partial charge >= 0.3 is 6.18 Å². The zero-order valence-corrected chi connectivity index (χ0v) is 19.8. The monoisotopic (exact) mass is 460 g/mol. The quantitative estimate of drug-likeness (QED) is 0.539. The predicted molar refractivity (Wildman–Crippen MR) is 118 cm³/mol. The molecule has 9 heteroatoms. The number of alkyl halides is 3. The van der Waals surface area contributed by atoms with Crippen molar-refractivity contribution in [1.82, 2.24) is 20.0 Å². The van der Waals surface area contributed by atoms with Gasteiger partial charge in [0.25, 0.3) is 0 Å². The Kier molecular flexibility index (Phi) is 9.00. The molecule has 1 fully saturated rings. The van der Waals surface area contributed by atoms with Crippen molar-refractivity contribution < 1.29 is 22.6 Å². The second-order valence-electron chi connectivity index (χ2n) is 9.45. The molecule has 1 aliphatic carbocycles. The summed E-state index contributed by atoms with van der Waals surface area (Å²) in [5.74, 6) is 0.314. The van der Waals surface area contributed by atoms with Gasteiger partial charge in [-0.1, -0.05) is 0 Å². The third-order valence-electron chi connectivity index (χ3n) is 7.03. The number of hydrogen-bond acceptors (Lipinski definition) is 5. The maximum atomic E-state index is 13.0. The van der Waals surface area contributed by atoms with Crippen molar-refractivity contribution in [2.24, 2.45) is 5.41 Å². The lowest BCUT2D eigenvalue weighted by atomic mass is 9.67. The Morgan fingerprint density at radius 3 is 2.72 bits per heavy atom. The van der Waals surface area contributed by atoms with Gasteiger partial charge in [0.05, 0.1) is 37.8 Å². The maximum absolute atomic E-state index is 13.0. The lowest BCUT2D eigenvalue weighted by Gasteiger charge is -2.41. The zero-order chi connectivity index (χ0) is 23.2. The number of nitrogens with one attached hydrogen (secondary N) is 1. The summed E-state index contributed by atoms with van der Waals surface area (Å²) in [4.78, 5) is 2.26. The molecule has 184 valence electrons. The summed E-state index contributed by atoms with van der Waals surface area (Å²) in [7, 11) is 4.04. The van der Waals surface area contributed by atoms with Crippen LogP contribution in [-0.2, 0) is 29.2 Å². The van der Waals surface area contributed by atoms with Crippen molar-refractivity contribution in [2.75, 3.05) is 47.0 Å². The highest BCUT2D eigenvalue weighted by Crippen LogP contribution is 2.48. The second-order valence-corrected chi connectivity index (χ2v) is 9.45. The van der Waals surface area contributed by atoms with Crippen LogP contribution in [0.4, 0.5) is 13.2 Å². The topological polar surface area (TPSA) is 51.5 Å². The van der Waals surface area contributed by atoms with Gasteiger partial charge in [0, 0.05) is 38.2 Å². The van der Waals surface area contributed by atoms with Gasteiger partial charge in [-0.2, -0.15) is 18.3 Å². The summed E-state index contributed by atoms with van der Waals surface area (Å²) in [6, 6.07) is 0. The SMILES string of the molecule is CCOC[C@]1(CCC(F)(F)F)CC[C@@H](c2c(CN(C)CCNC)nn3c2COCC3)CC1. The van der Waals surface area contributed by atoms with E-state index < -0.39 is 12.6 Å². The van der Waals surface area contributed by atoms with E-state index in [0.717, 1.165) is 63.3 Å². The van der Waals surface area contributed by atoms with Crippen LogP contribution in [0.2, 0.25) is 0 Å². The van der Waals surface area contributed by atoms with E-state index in [1.807, 2.05) is 14.0 Å². The van der Waals surface area contributed by atoms with Crippen LogP contribution in [0.25, 0.3) is 0 Å². The second kappa shape index (κ2) is 11.3. The van der Waals surface area contributed by atoms with Crippen LogP contribution in [0.15, 0.2) is 0 Å². The van der Waals surface area contributed by atoms with E-state index >= 15 is 0 Å². The first-order chi connectivity index (χ1) is 15.3. The molecular weight excluding hydrogens is 421 g/mol. The van der Waals surface area contributed by atoms with E-state index in [-0.39, 0.29) is 11.8 Å². The molecule has 0 atom stereocenters. The highest BCUT2D eigenvalue weighted by molar-refractivity contribution is 5.31. The molecule has 0 bridgehead atoms. The van der Waals surface area contributed by atoms with Crippen molar-refractivity contribution in [1.29, 1.82) is 0 Å². The summed E-state index contributed by atoms with van der Waals surface area (Å²) < 4.78 is 52.4. The molecular formula is C23H39F3N4O2. The van der Waals surface area contributed by atoms with E-state index in [2.05, 4.69) is 21.9 Å². The molecule has 1 N–H and O–H groups in total. The molecule has 0 spiro atoms.